The molecule has 1 unspecified atom stereocenters. The minimum atomic E-state index is -0.651. The van der Waals surface area contributed by atoms with E-state index in [1.165, 1.54) is 37.8 Å². The number of likely N-dealkylation sites (tertiary alicyclic amines) is 1. The highest BCUT2D eigenvalue weighted by Gasteiger charge is 2.30. The Labute approximate surface area is 135 Å². The predicted octanol–water partition coefficient (Wildman–Crippen LogP) is 2.12. The molecule has 0 aromatic heterocycles. The van der Waals surface area contributed by atoms with E-state index in [4.69, 9.17) is 5.73 Å². The van der Waals surface area contributed by atoms with Gasteiger partial charge in [0.25, 0.3) is 11.6 Å². The lowest BCUT2D eigenvalue weighted by molar-refractivity contribution is -0.384. The molecule has 1 saturated heterocycles. The van der Waals surface area contributed by atoms with E-state index in [0.717, 1.165) is 19.5 Å². The van der Waals surface area contributed by atoms with Gasteiger partial charge in [0, 0.05) is 43.0 Å². The Hall–Kier alpha value is -2.15. The number of primary amides is 1. The number of nitrogens with zero attached hydrogens (tertiary/aromatic N) is 2. The number of nitro groups is 1. The first kappa shape index (κ1) is 15.7. The molecule has 7 nitrogen and oxygen atoms in total. The van der Waals surface area contributed by atoms with Crippen molar-refractivity contribution in [3.05, 3.63) is 33.9 Å². The summed E-state index contributed by atoms with van der Waals surface area (Å²) in [6.45, 7) is 2.00. The van der Waals surface area contributed by atoms with Crippen molar-refractivity contribution < 1.29 is 9.72 Å². The molecule has 1 heterocycles. The maximum atomic E-state index is 11.6. The number of non-ortho nitro benzene ring substituents is 1. The molecule has 1 aliphatic carbocycles. The number of carbonyl (C=O) groups is 1. The summed E-state index contributed by atoms with van der Waals surface area (Å²) in [5.74, 6) is -0.651. The van der Waals surface area contributed by atoms with Crippen LogP contribution in [0.25, 0.3) is 0 Å². The van der Waals surface area contributed by atoms with Gasteiger partial charge in [0.05, 0.1) is 10.5 Å². The van der Waals surface area contributed by atoms with Crippen LogP contribution in [0.15, 0.2) is 18.2 Å². The highest BCUT2D eigenvalue weighted by atomic mass is 16.6. The Morgan fingerprint density at radius 1 is 1.30 bits per heavy atom. The summed E-state index contributed by atoms with van der Waals surface area (Å²) < 4.78 is 0. The van der Waals surface area contributed by atoms with Gasteiger partial charge in [-0.05, 0) is 25.3 Å². The van der Waals surface area contributed by atoms with Gasteiger partial charge in [-0.2, -0.15) is 0 Å². The number of anilines is 1. The molecule has 3 rings (SSSR count). The van der Waals surface area contributed by atoms with E-state index in [-0.39, 0.29) is 17.3 Å². The van der Waals surface area contributed by atoms with Crippen LogP contribution in [0.1, 0.15) is 42.5 Å². The number of nitro benzene ring substituents is 1. The van der Waals surface area contributed by atoms with Gasteiger partial charge in [-0.15, -0.1) is 0 Å². The van der Waals surface area contributed by atoms with Crippen molar-refractivity contribution in [1.82, 2.24) is 4.90 Å². The molecule has 0 bridgehead atoms. The molecule has 23 heavy (non-hydrogen) atoms. The monoisotopic (exact) mass is 318 g/mol. The number of benzene rings is 1. The van der Waals surface area contributed by atoms with Crippen molar-refractivity contribution >= 4 is 17.3 Å². The second kappa shape index (κ2) is 6.54. The van der Waals surface area contributed by atoms with Crippen LogP contribution in [0.4, 0.5) is 11.4 Å². The van der Waals surface area contributed by atoms with E-state index in [0.29, 0.717) is 11.7 Å². The molecule has 1 saturated carbocycles. The lowest BCUT2D eigenvalue weighted by atomic mass is 10.1. The number of carbonyl (C=O) groups excluding carboxylic acids is 1. The van der Waals surface area contributed by atoms with Gasteiger partial charge < -0.3 is 11.1 Å². The third-order valence-electron chi connectivity index (χ3n) is 4.90. The summed E-state index contributed by atoms with van der Waals surface area (Å²) in [6, 6.07) is 5.16. The Kier molecular flexibility index (Phi) is 4.47. The number of hydrogen-bond acceptors (Lipinski definition) is 5. The van der Waals surface area contributed by atoms with Gasteiger partial charge in [-0.25, -0.2) is 0 Å². The summed E-state index contributed by atoms with van der Waals surface area (Å²) in [5.41, 5.74) is 6.01. The van der Waals surface area contributed by atoms with Gasteiger partial charge in [0.2, 0.25) is 0 Å². The zero-order valence-electron chi connectivity index (χ0n) is 13.0. The molecule has 1 aromatic carbocycles. The van der Waals surface area contributed by atoms with Crippen LogP contribution in [-0.4, -0.2) is 40.9 Å². The van der Waals surface area contributed by atoms with E-state index in [2.05, 4.69) is 10.2 Å². The van der Waals surface area contributed by atoms with E-state index in [1.807, 2.05) is 0 Å². The lowest BCUT2D eigenvalue weighted by Crippen LogP contribution is -2.33. The summed E-state index contributed by atoms with van der Waals surface area (Å²) >= 11 is 0. The van der Waals surface area contributed by atoms with Crippen LogP contribution in [0.5, 0.6) is 0 Å². The van der Waals surface area contributed by atoms with Gasteiger partial charge in [0.1, 0.15) is 0 Å². The number of nitrogens with one attached hydrogen (secondary N) is 1. The molecular weight excluding hydrogens is 296 g/mol. The average molecular weight is 318 g/mol. The minimum Gasteiger partial charge on any atom is -0.380 e. The zero-order valence-corrected chi connectivity index (χ0v) is 13.0. The van der Waals surface area contributed by atoms with Crippen molar-refractivity contribution in [3.8, 4) is 0 Å². The van der Waals surface area contributed by atoms with Crippen molar-refractivity contribution in [3.63, 3.8) is 0 Å². The molecule has 1 amide bonds. The number of hydrogen-bond donors (Lipinski definition) is 2. The third kappa shape index (κ3) is 3.44. The van der Waals surface area contributed by atoms with Crippen molar-refractivity contribution in [2.45, 2.75) is 44.2 Å². The fraction of sp³-hybridized carbons (Fsp3) is 0.562. The lowest BCUT2D eigenvalue weighted by Gasteiger charge is -2.24. The Morgan fingerprint density at radius 2 is 2.04 bits per heavy atom. The first-order valence-corrected chi connectivity index (χ1v) is 8.13. The molecule has 2 fully saturated rings. The normalized spacial score (nSPS) is 22.3. The van der Waals surface area contributed by atoms with Crippen LogP contribution in [0, 0.1) is 10.1 Å². The average Bonchev–Trinajstić information content (AvgIpc) is 3.17. The second-order valence-corrected chi connectivity index (χ2v) is 6.41. The third-order valence-corrected chi connectivity index (χ3v) is 4.90. The van der Waals surface area contributed by atoms with E-state index >= 15 is 0 Å². The van der Waals surface area contributed by atoms with Crippen LogP contribution in [0.2, 0.25) is 0 Å². The quantitative estimate of drug-likeness (QED) is 0.639. The van der Waals surface area contributed by atoms with Crippen LogP contribution < -0.4 is 11.1 Å². The molecule has 1 atom stereocenters. The Balaban J connectivity index is 1.70. The van der Waals surface area contributed by atoms with Crippen LogP contribution >= 0.6 is 0 Å². The van der Waals surface area contributed by atoms with E-state index in [1.54, 1.807) is 6.07 Å². The molecule has 0 radical (unpaired) electrons. The van der Waals surface area contributed by atoms with Crippen molar-refractivity contribution in [1.29, 1.82) is 0 Å². The molecule has 1 aliphatic heterocycles. The Bertz CT molecular complexity index is 613. The van der Waals surface area contributed by atoms with Gasteiger partial charge in [-0.1, -0.05) is 12.8 Å². The SMILES string of the molecule is NC(=O)c1cc([N+](=O)[O-])ccc1NC1CCN(C2CCCC2)C1. The van der Waals surface area contributed by atoms with Gasteiger partial charge >= 0.3 is 0 Å². The number of amides is 1. The van der Waals surface area contributed by atoms with Gasteiger partial charge in [0.15, 0.2) is 0 Å². The molecule has 1 aromatic rings. The molecule has 7 heteroatoms. The van der Waals surface area contributed by atoms with E-state index in [9.17, 15) is 14.9 Å². The summed E-state index contributed by atoms with van der Waals surface area (Å²) in [6.07, 6.45) is 6.18. The first-order valence-electron chi connectivity index (χ1n) is 8.13. The molecule has 124 valence electrons. The highest BCUT2D eigenvalue weighted by Crippen LogP contribution is 2.29. The Morgan fingerprint density at radius 3 is 2.70 bits per heavy atom. The smallest absolute Gasteiger partial charge is 0.270 e. The molecular formula is C16H22N4O3. The minimum absolute atomic E-state index is 0.122. The molecule has 2 aliphatic rings. The zero-order chi connectivity index (χ0) is 16.4. The highest BCUT2D eigenvalue weighted by molar-refractivity contribution is 5.99. The largest absolute Gasteiger partial charge is 0.380 e. The topological polar surface area (TPSA) is 102 Å². The number of nitrogens with two attached hydrogens (primary N) is 1. The second-order valence-electron chi connectivity index (χ2n) is 6.41. The summed E-state index contributed by atoms with van der Waals surface area (Å²) in [5, 5.41) is 14.2. The van der Waals surface area contributed by atoms with Crippen LogP contribution in [-0.2, 0) is 0 Å². The van der Waals surface area contributed by atoms with Gasteiger partial charge in [-0.3, -0.25) is 19.8 Å². The summed E-state index contributed by atoms with van der Waals surface area (Å²) in [4.78, 5) is 24.4. The standard InChI is InChI=1S/C16H22N4O3/c17-16(21)14-9-13(20(22)23)5-6-15(14)18-11-7-8-19(10-11)12-3-1-2-4-12/h5-6,9,11-12,18H,1-4,7-8,10H2,(H2,17,21). The fourth-order valence-corrected chi connectivity index (χ4v) is 3.70. The number of rotatable bonds is 5. The molecule has 0 spiro atoms. The van der Waals surface area contributed by atoms with Crippen molar-refractivity contribution in [2.75, 3.05) is 18.4 Å². The molecule has 3 N–H and O–H groups in total. The van der Waals surface area contributed by atoms with E-state index < -0.39 is 10.8 Å². The fourth-order valence-electron chi connectivity index (χ4n) is 3.70. The summed E-state index contributed by atoms with van der Waals surface area (Å²) in [7, 11) is 0. The maximum Gasteiger partial charge on any atom is 0.270 e. The first-order chi connectivity index (χ1) is 11.0. The van der Waals surface area contributed by atoms with Crippen molar-refractivity contribution in [2.24, 2.45) is 5.73 Å². The predicted molar refractivity (Wildman–Crippen MR) is 87.5 cm³/mol. The maximum absolute atomic E-state index is 11.6. The van der Waals surface area contributed by atoms with Crippen LogP contribution in [0.3, 0.4) is 0 Å².